The highest BCUT2D eigenvalue weighted by Gasteiger charge is 2.23. The van der Waals surface area contributed by atoms with Crippen molar-refractivity contribution in [2.24, 2.45) is 5.73 Å². The lowest BCUT2D eigenvalue weighted by Crippen LogP contribution is -2.31. The molecule has 2 atom stereocenters. The summed E-state index contributed by atoms with van der Waals surface area (Å²) in [6, 6.07) is 6.00. The van der Waals surface area contributed by atoms with Crippen LogP contribution < -0.4 is 5.73 Å². The van der Waals surface area contributed by atoms with Gasteiger partial charge in [-0.3, -0.25) is 0 Å². The molecule has 3 heteroatoms. The van der Waals surface area contributed by atoms with Crippen molar-refractivity contribution in [1.29, 1.82) is 0 Å². The van der Waals surface area contributed by atoms with Crippen molar-refractivity contribution in [3.05, 3.63) is 33.8 Å². The number of hydrogen-bond donors (Lipinski definition) is 1. The van der Waals surface area contributed by atoms with Gasteiger partial charge >= 0.3 is 0 Å². The topological polar surface area (TPSA) is 26.0 Å². The van der Waals surface area contributed by atoms with Gasteiger partial charge in [0.25, 0.3) is 0 Å². The molecule has 1 aliphatic carbocycles. The molecular formula is C12H15Cl2N. The van der Waals surface area contributed by atoms with Crippen LogP contribution in [0, 0.1) is 0 Å². The lowest BCUT2D eigenvalue weighted by atomic mass is 9.80. The van der Waals surface area contributed by atoms with E-state index in [1.807, 2.05) is 12.1 Å². The summed E-state index contributed by atoms with van der Waals surface area (Å²) in [7, 11) is 0. The van der Waals surface area contributed by atoms with Gasteiger partial charge in [0, 0.05) is 16.1 Å². The molecule has 1 saturated carbocycles. The van der Waals surface area contributed by atoms with Crippen LogP contribution in [0.3, 0.4) is 0 Å². The number of hydrogen-bond acceptors (Lipinski definition) is 1. The zero-order valence-electron chi connectivity index (χ0n) is 8.55. The van der Waals surface area contributed by atoms with Gasteiger partial charge in [0.15, 0.2) is 0 Å². The Kier molecular flexibility index (Phi) is 3.55. The van der Waals surface area contributed by atoms with Gasteiger partial charge in [-0.05, 0) is 42.5 Å². The third-order valence-corrected chi connectivity index (χ3v) is 3.57. The summed E-state index contributed by atoms with van der Waals surface area (Å²) in [4.78, 5) is 0. The van der Waals surface area contributed by atoms with Crippen molar-refractivity contribution in [3.63, 3.8) is 0 Å². The highest BCUT2D eigenvalue weighted by atomic mass is 35.5. The second-order valence-corrected chi connectivity index (χ2v) is 5.13. The third-order valence-electron chi connectivity index (χ3n) is 3.13. The zero-order chi connectivity index (χ0) is 10.8. The molecular weight excluding hydrogens is 229 g/mol. The predicted molar refractivity (Wildman–Crippen MR) is 65.6 cm³/mol. The molecule has 0 bridgehead atoms. The highest BCUT2D eigenvalue weighted by molar-refractivity contribution is 6.34. The summed E-state index contributed by atoms with van der Waals surface area (Å²) in [6.07, 6.45) is 4.75. The maximum Gasteiger partial charge on any atom is 0.0423 e. The van der Waals surface area contributed by atoms with Crippen molar-refractivity contribution in [1.82, 2.24) is 0 Å². The van der Waals surface area contributed by atoms with Gasteiger partial charge in [-0.25, -0.2) is 0 Å². The van der Waals surface area contributed by atoms with E-state index in [-0.39, 0.29) is 6.04 Å². The van der Waals surface area contributed by atoms with Crippen LogP contribution in [0.1, 0.15) is 37.2 Å². The minimum Gasteiger partial charge on any atom is -0.327 e. The molecule has 2 unspecified atom stereocenters. The Labute approximate surface area is 101 Å². The summed E-state index contributed by atoms with van der Waals surface area (Å²) in [5.41, 5.74) is 7.32. The van der Waals surface area contributed by atoms with Gasteiger partial charge in [0.05, 0.1) is 0 Å². The summed E-state index contributed by atoms with van der Waals surface area (Å²) in [6.45, 7) is 0. The molecule has 0 aromatic heterocycles. The third kappa shape index (κ3) is 2.66. The second-order valence-electron chi connectivity index (χ2n) is 4.26. The molecule has 0 aliphatic heterocycles. The molecule has 2 rings (SSSR count). The SMILES string of the molecule is NC1CCCCC1c1cc(Cl)cc(Cl)c1. The average Bonchev–Trinajstić information content (AvgIpc) is 2.16. The van der Waals surface area contributed by atoms with Crippen LogP contribution >= 0.6 is 23.2 Å². The highest BCUT2D eigenvalue weighted by Crippen LogP contribution is 2.34. The first-order chi connectivity index (χ1) is 7.16. The molecule has 0 spiro atoms. The minimum atomic E-state index is 0.258. The lowest BCUT2D eigenvalue weighted by molar-refractivity contribution is 0.385. The molecule has 0 amide bonds. The molecule has 0 saturated heterocycles. The van der Waals surface area contributed by atoms with Crippen LogP contribution in [-0.2, 0) is 0 Å². The first-order valence-electron chi connectivity index (χ1n) is 5.38. The molecule has 15 heavy (non-hydrogen) atoms. The number of nitrogens with two attached hydrogens (primary N) is 1. The van der Waals surface area contributed by atoms with Crippen molar-refractivity contribution in [3.8, 4) is 0 Å². The van der Waals surface area contributed by atoms with E-state index >= 15 is 0 Å². The molecule has 1 aliphatic rings. The summed E-state index contributed by atoms with van der Waals surface area (Å²) in [5.74, 6) is 0.426. The van der Waals surface area contributed by atoms with Crippen LogP contribution in [0.15, 0.2) is 18.2 Å². The van der Waals surface area contributed by atoms with Gasteiger partial charge in [0.2, 0.25) is 0 Å². The van der Waals surface area contributed by atoms with Gasteiger partial charge in [-0.15, -0.1) is 0 Å². The molecule has 1 fully saturated rings. The zero-order valence-corrected chi connectivity index (χ0v) is 10.1. The fraction of sp³-hybridized carbons (Fsp3) is 0.500. The smallest absolute Gasteiger partial charge is 0.0423 e. The van der Waals surface area contributed by atoms with Crippen LogP contribution in [0.2, 0.25) is 10.0 Å². The van der Waals surface area contributed by atoms with Gasteiger partial charge in [0.1, 0.15) is 0 Å². The molecule has 1 nitrogen and oxygen atoms in total. The molecule has 1 aromatic rings. The fourth-order valence-electron chi connectivity index (χ4n) is 2.36. The first-order valence-corrected chi connectivity index (χ1v) is 6.14. The van der Waals surface area contributed by atoms with E-state index in [0.717, 1.165) is 12.8 Å². The van der Waals surface area contributed by atoms with E-state index < -0.39 is 0 Å². The Hall–Kier alpha value is -0.240. The lowest BCUT2D eigenvalue weighted by Gasteiger charge is -2.29. The van der Waals surface area contributed by atoms with Crippen LogP contribution in [0.25, 0.3) is 0 Å². The van der Waals surface area contributed by atoms with E-state index in [2.05, 4.69) is 0 Å². The van der Waals surface area contributed by atoms with E-state index in [9.17, 15) is 0 Å². The largest absolute Gasteiger partial charge is 0.327 e. The minimum absolute atomic E-state index is 0.258. The summed E-state index contributed by atoms with van der Waals surface area (Å²) >= 11 is 12.0. The van der Waals surface area contributed by atoms with Crippen molar-refractivity contribution in [2.45, 2.75) is 37.6 Å². The standard InChI is InChI=1S/C12H15Cl2N/c13-9-5-8(6-10(14)7-9)11-3-1-2-4-12(11)15/h5-7,11-12H,1-4,15H2. The molecule has 2 N–H and O–H groups in total. The summed E-state index contributed by atoms with van der Waals surface area (Å²) < 4.78 is 0. The Morgan fingerprint density at radius 3 is 2.20 bits per heavy atom. The quantitative estimate of drug-likeness (QED) is 0.794. The van der Waals surface area contributed by atoms with Gasteiger partial charge < -0.3 is 5.73 Å². The predicted octanol–water partition coefficient (Wildman–Crippen LogP) is 3.98. The Morgan fingerprint density at radius 1 is 1.00 bits per heavy atom. The number of benzene rings is 1. The van der Waals surface area contributed by atoms with Crippen LogP contribution in [0.4, 0.5) is 0 Å². The van der Waals surface area contributed by atoms with Crippen molar-refractivity contribution < 1.29 is 0 Å². The first kappa shape index (κ1) is 11.3. The van der Waals surface area contributed by atoms with Crippen molar-refractivity contribution in [2.75, 3.05) is 0 Å². The molecule has 1 aromatic carbocycles. The molecule has 0 heterocycles. The Bertz CT molecular complexity index is 331. The van der Waals surface area contributed by atoms with Gasteiger partial charge in [-0.1, -0.05) is 36.0 Å². The number of rotatable bonds is 1. The van der Waals surface area contributed by atoms with E-state index in [1.54, 1.807) is 6.07 Å². The summed E-state index contributed by atoms with van der Waals surface area (Å²) in [5, 5.41) is 1.41. The molecule has 0 radical (unpaired) electrons. The fourth-order valence-corrected chi connectivity index (χ4v) is 2.91. The average molecular weight is 244 g/mol. The van der Waals surface area contributed by atoms with Gasteiger partial charge in [-0.2, -0.15) is 0 Å². The Morgan fingerprint density at radius 2 is 1.60 bits per heavy atom. The normalized spacial score (nSPS) is 26.6. The van der Waals surface area contributed by atoms with E-state index in [0.29, 0.717) is 16.0 Å². The maximum absolute atomic E-state index is 6.12. The Balaban J connectivity index is 2.27. The number of halogens is 2. The van der Waals surface area contributed by atoms with E-state index in [4.69, 9.17) is 28.9 Å². The van der Waals surface area contributed by atoms with Crippen molar-refractivity contribution >= 4 is 23.2 Å². The van der Waals surface area contributed by atoms with E-state index in [1.165, 1.54) is 18.4 Å². The monoisotopic (exact) mass is 243 g/mol. The second kappa shape index (κ2) is 4.73. The molecule has 82 valence electrons. The maximum atomic E-state index is 6.12. The van der Waals surface area contributed by atoms with Crippen LogP contribution in [-0.4, -0.2) is 6.04 Å². The van der Waals surface area contributed by atoms with Crippen LogP contribution in [0.5, 0.6) is 0 Å².